The summed E-state index contributed by atoms with van der Waals surface area (Å²) in [5.41, 5.74) is 3.67. The minimum Gasteiger partial charge on any atom is -0.448 e. The first-order valence-corrected chi connectivity index (χ1v) is 12.7. The largest absolute Gasteiger partial charge is 0.448 e. The number of carbonyl (C=O) groups excluding carboxylic acids is 1. The van der Waals surface area contributed by atoms with Crippen LogP contribution < -0.4 is 0 Å². The molecule has 0 spiro atoms. The zero-order valence-corrected chi connectivity index (χ0v) is 20.0. The van der Waals surface area contributed by atoms with Gasteiger partial charge in [-0.05, 0) is 66.0 Å². The van der Waals surface area contributed by atoms with E-state index in [2.05, 4.69) is 24.3 Å². The quantitative estimate of drug-likeness (QED) is 0.474. The molecule has 2 unspecified atom stereocenters. The maximum absolute atomic E-state index is 14.3. The highest BCUT2D eigenvalue weighted by molar-refractivity contribution is 5.79. The standard InChI is InChI=1S/C30H29F2NO3/c31-27-14-5-7-19(28(27)32)15-30(35)16-20-8-6-9-21(17-30)33(20)29(34)36-18-26-24-12-3-1-10-22(24)23-11-2-4-13-25(23)26/h1-5,7,10-14,20-21,26,35H,6,8-9,15-18H2. The third kappa shape index (κ3) is 3.97. The minimum absolute atomic E-state index is 0.0149. The number of nitrogens with zero attached hydrogens (tertiary/aromatic N) is 1. The Morgan fingerprint density at radius 1 is 0.917 bits per heavy atom. The molecule has 3 aliphatic rings. The summed E-state index contributed by atoms with van der Waals surface area (Å²) in [4.78, 5) is 15.2. The van der Waals surface area contributed by atoms with Crippen molar-refractivity contribution in [3.63, 3.8) is 0 Å². The molecule has 6 heteroatoms. The molecule has 186 valence electrons. The summed E-state index contributed by atoms with van der Waals surface area (Å²) in [7, 11) is 0. The van der Waals surface area contributed by atoms with Crippen molar-refractivity contribution in [1.82, 2.24) is 4.90 Å². The van der Waals surface area contributed by atoms with Crippen LogP contribution in [0.4, 0.5) is 13.6 Å². The fourth-order valence-electron chi connectivity index (χ4n) is 6.68. The van der Waals surface area contributed by atoms with Crippen LogP contribution in [0, 0.1) is 11.6 Å². The molecular weight excluding hydrogens is 460 g/mol. The minimum atomic E-state index is -1.19. The number of hydrogen-bond acceptors (Lipinski definition) is 3. The van der Waals surface area contributed by atoms with Crippen LogP contribution in [-0.2, 0) is 11.2 Å². The molecule has 1 aliphatic carbocycles. The Hall–Kier alpha value is -3.25. The van der Waals surface area contributed by atoms with Gasteiger partial charge in [0.2, 0.25) is 0 Å². The van der Waals surface area contributed by atoms with Gasteiger partial charge in [-0.15, -0.1) is 0 Å². The van der Waals surface area contributed by atoms with Gasteiger partial charge in [0.1, 0.15) is 6.61 Å². The van der Waals surface area contributed by atoms with Crippen LogP contribution >= 0.6 is 0 Å². The molecule has 1 N–H and O–H groups in total. The lowest BCUT2D eigenvalue weighted by Gasteiger charge is -2.51. The van der Waals surface area contributed by atoms with Crippen molar-refractivity contribution in [2.45, 2.75) is 62.1 Å². The topological polar surface area (TPSA) is 49.8 Å². The van der Waals surface area contributed by atoms with Gasteiger partial charge >= 0.3 is 6.09 Å². The number of amides is 1. The van der Waals surface area contributed by atoms with Gasteiger partial charge in [-0.1, -0.05) is 60.7 Å². The maximum atomic E-state index is 14.3. The summed E-state index contributed by atoms with van der Waals surface area (Å²) in [5, 5.41) is 11.4. The summed E-state index contributed by atoms with van der Waals surface area (Å²) in [6, 6.07) is 20.2. The van der Waals surface area contributed by atoms with Crippen LogP contribution in [0.1, 0.15) is 54.7 Å². The van der Waals surface area contributed by atoms with Gasteiger partial charge in [0.15, 0.2) is 11.6 Å². The molecule has 2 fully saturated rings. The molecule has 3 aromatic rings. The van der Waals surface area contributed by atoms with E-state index < -0.39 is 17.2 Å². The lowest BCUT2D eigenvalue weighted by molar-refractivity contribution is -0.0843. The molecule has 2 aliphatic heterocycles. The molecule has 2 saturated heterocycles. The molecule has 6 rings (SSSR count). The van der Waals surface area contributed by atoms with E-state index >= 15 is 0 Å². The summed E-state index contributed by atoms with van der Waals surface area (Å²) in [5.74, 6) is -1.83. The fourth-order valence-corrected chi connectivity index (χ4v) is 6.68. The molecule has 0 saturated carbocycles. The maximum Gasteiger partial charge on any atom is 0.410 e. The number of hydrogen-bond donors (Lipinski definition) is 1. The van der Waals surface area contributed by atoms with E-state index in [1.165, 1.54) is 23.3 Å². The molecule has 2 atom stereocenters. The van der Waals surface area contributed by atoms with Crippen LogP contribution in [0.5, 0.6) is 0 Å². The van der Waals surface area contributed by atoms with Crippen LogP contribution in [0.15, 0.2) is 66.7 Å². The molecule has 4 nitrogen and oxygen atoms in total. The Labute approximate surface area is 209 Å². The van der Waals surface area contributed by atoms with E-state index in [1.807, 2.05) is 24.3 Å². The predicted molar refractivity (Wildman–Crippen MR) is 133 cm³/mol. The van der Waals surface area contributed by atoms with Crippen molar-refractivity contribution in [3.05, 3.63) is 95.1 Å². The highest BCUT2D eigenvalue weighted by Gasteiger charge is 2.48. The van der Waals surface area contributed by atoms with E-state index in [9.17, 15) is 18.7 Å². The van der Waals surface area contributed by atoms with Crippen molar-refractivity contribution in [2.24, 2.45) is 0 Å². The Morgan fingerprint density at radius 2 is 1.53 bits per heavy atom. The van der Waals surface area contributed by atoms with Crippen LogP contribution in [0.25, 0.3) is 11.1 Å². The third-order valence-electron chi connectivity index (χ3n) is 8.19. The van der Waals surface area contributed by atoms with Gasteiger partial charge < -0.3 is 14.7 Å². The zero-order valence-electron chi connectivity index (χ0n) is 20.0. The third-order valence-corrected chi connectivity index (χ3v) is 8.19. The average Bonchev–Trinajstić information content (AvgIpc) is 3.18. The second-order valence-electron chi connectivity index (χ2n) is 10.5. The van der Waals surface area contributed by atoms with Gasteiger partial charge in [-0.3, -0.25) is 0 Å². The van der Waals surface area contributed by atoms with E-state index in [-0.39, 0.29) is 42.7 Å². The van der Waals surface area contributed by atoms with Crippen molar-refractivity contribution in [1.29, 1.82) is 0 Å². The van der Waals surface area contributed by atoms with Crippen molar-refractivity contribution in [2.75, 3.05) is 6.61 Å². The van der Waals surface area contributed by atoms with Gasteiger partial charge in [-0.25, -0.2) is 13.6 Å². The Morgan fingerprint density at radius 3 is 2.17 bits per heavy atom. The smallest absolute Gasteiger partial charge is 0.410 e. The van der Waals surface area contributed by atoms with Crippen molar-refractivity contribution in [3.8, 4) is 11.1 Å². The fraction of sp³-hybridized carbons (Fsp3) is 0.367. The second-order valence-corrected chi connectivity index (χ2v) is 10.5. The number of ether oxygens (including phenoxy) is 1. The predicted octanol–water partition coefficient (Wildman–Crippen LogP) is 6.20. The van der Waals surface area contributed by atoms with Crippen molar-refractivity contribution < 1.29 is 23.4 Å². The molecule has 2 bridgehead atoms. The number of aliphatic hydroxyl groups is 1. The molecular formula is C30H29F2NO3. The zero-order chi connectivity index (χ0) is 24.9. The number of rotatable bonds is 4. The molecule has 36 heavy (non-hydrogen) atoms. The van der Waals surface area contributed by atoms with Crippen LogP contribution in [0.3, 0.4) is 0 Å². The van der Waals surface area contributed by atoms with Gasteiger partial charge in [0, 0.05) is 24.4 Å². The van der Waals surface area contributed by atoms with Gasteiger partial charge in [0.05, 0.1) is 5.60 Å². The lowest BCUT2D eigenvalue weighted by atomic mass is 9.73. The monoisotopic (exact) mass is 489 g/mol. The highest BCUT2D eigenvalue weighted by atomic mass is 19.2. The highest BCUT2D eigenvalue weighted by Crippen LogP contribution is 2.45. The first-order valence-electron chi connectivity index (χ1n) is 12.7. The molecule has 2 heterocycles. The first-order chi connectivity index (χ1) is 17.4. The SMILES string of the molecule is O=C(OCC1c2ccccc2-c2ccccc21)N1C2CCCC1CC(O)(Cc1cccc(F)c1F)C2. The lowest BCUT2D eigenvalue weighted by Crippen LogP contribution is -2.60. The molecule has 3 aromatic carbocycles. The Balaban J connectivity index is 1.18. The normalized spacial score (nSPS) is 24.8. The summed E-state index contributed by atoms with van der Waals surface area (Å²) < 4.78 is 34.0. The second kappa shape index (κ2) is 9.00. The van der Waals surface area contributed by atoms with Gasteiger partial charge in [-0.2, -0.15) is 0 Å². The average molecular weight is 490 g/mol. The summed E-state index contributed by atoms with van der Waals surface area (Å²) in [6.45, 7) is 0.252. The van der Waals surface area contributed by atoms with E-state index in [1.54, 1.807) is 4.90 Å². The molecule has 0 aromatic heterocycles. The van der Waals surface area contributed by atoms with Crippen LogP contribution in [-0.4, -0.2) is 40.4 Å². The Kier molecular flexibility index (Phi) is 5.79. The summed E-state index contributed by atoms with van der Waals surface area (Å²) >= 11 is 0. The number of fused-ring (bicyclic) bond motifs is 5. The molecule has 0 radical (unpaired) electrons. The Bertz CT molecular complexity index is 1250. The number of halogens is 2. The number of piperidine rings is 2. The first kappa shape index (κ1) is 23.2. The molecule has 1 amide bonds. The van der Waals surface area contributed by atoms with E-state index in [0.717, 1.165) is 36.5 Å². The van der Waals surface area contributed by atoms with E-state index in [4.69, 9.17) is 4.74 Å². The summed E-state index contributed by atoms with van der Waals surface area (Å²) in [6.07, 6.45) is 2.80. The van der Waals surface area contributed by atoms with E-state index in [0.29, 0.717) is 12.8 Å². The van der Waals surface area contributed by atoms with Crippen LogP contribution in [0.2, 0.25) is 0 Å². The van der Waals surface area contributed by atoms with Crippen molar-refractivity contribution >= 4 is 6.09 Å². The number of carbonyl (C=O) groups is 1. The van der Waals surface area contributed by atoms with Gasteiger partial charge in [0.25, 0.3) is 0 Å². The number of benzene rings is 3.